The van der Waals surface area contributed by atoms with Crippen molar-refractivity contribution in [2.24, 2.45) is 5.92 Å². The average molecular weight is 175 g/mol. The molecule has 1 heterocycles. The SMILES string of the molecule is CC(C)Cc1cccc(C2CC2)n1. The summed E-state index contributed by atoms with van der Waals surface area (Å²) in [6, 6.07) is 6.46. The van der Waals surface area contributed by atoms with Crippen LogP contribution in [0.3, 0.4) is 0 Å². The number of hydrogen-bond acceptors (Lipinski definition) is 1. The molecule has 0 amide bonds. The average Bonchev–Trinajstić information content (AvgIpc) is 2.85. The Morgan fingerprint density at radius 2 is 2.15 bits per heavy atom. The maximum atomic E-state index is 4.67. The molecule has 1 aromatic heterocycles. The van der Waals surface area contributed by atoms with E-state index in [0.717, 1.165) is 12.3 Å². The molecule has 0 atom stereocenters. The van der Waals surface area contributed by atoms with Crippen LogP contribution >= 0.6 is 0 Å². The summed E-state index contributed by atoms with van der Waals surface area (Å²) >= 11 is 0. The van der Waals surface area contributed by atoms with E-state index in [1.54, 1.807) is 0 Å². The Bertz CT molecular complexity index is 287. The first kappa shape index (κ1) is 8.74. The quantitative estimate of drug-likeness (QED) is 0.687. The summed E-state index contributed by atoms with van der Waals surface area (Å²) < 4.78 is 0. The molecule has 70 valence electrons. The maximum Gasteiger partial charge on any atom is 0.0437 e. The Labute approximate surface area is 80.2 Å². The van der Waals surface area contributed by atoms with Gasteiger partial charge in [-0.05, 0) is 37.3 Å². The minimum absolute atomic E-state index is 0.710. The van der Waals surface area contributed by atoms with Crippen molar-refractivity contribution in [2.45, 2.75) is 39.0 Å². The number of hydrogen-bond donors (Lipinski definition) is 0. The molecule has 0 aliphatic heterocycles. The van der Waals surface area contributed by atoms with Crippen LogP contribution in [0.25, 0.3) is 0 Å². The van der Waals surface area contributed by atoms with Gasteiger partial charge in [-0.15, -0.1) is 0 Å². The van der Waals surface area contributed by atoms with E-state index in [1.807, 2.05) is 0 Å². The van der Waals surface area contributed by atoms with E-state index < -0.39 is 0 Å². The van der Waals surface area contributed by atoms with Gasteiger partial charge in [-0.25, -0.2) is 0 Å². The third kappa shape index (κ3) is 2.30. The Morgan fingerprint density at radius 3 is 2.77 bits per heavy atom. The summed E-state index contributed by atoms with van der Waals surface area (Å²) in [5, 5.41) is 0. The van der Waals surface area contributed by atoms with Gasteiger partial charge in [0.25, 0.3) is 0 Å². The van der Waals surface area contributed by atoms with Crippen LogP contribution in [0.15, 0.2) is 18.2 Å². The van der Waals surface area contributed by atoms with Crippen molar-refractivity contribution < 1.29 is 0 Å². The molecule has 13 heavy (non-hydrogen) atoms. The van der Waals surface area contributed by atoms with Crippen LogP contribution in [-0.2, 0) is 6.42 Å². The normalized spacial score (nSPS) is 16.5. The Hall–Kier alpha value is -0.850. The summed E-state index contributed by atoms with van der Waals surface area (Å²) in [6.07, 6.45) is 3.80. The number of aromatic nitrogens is 1. The van der Waals surface area contributed by atoms with Gasteiger partial charge in [0.1, 0.15) is 0 Å². The molecule has 1 aromatic rings. The van der Waals surface area contributed by atoms with Crippen molar-refractivity contribution in [1.29, 1.82) is 0 Å². The second kappa shape index (κ2) is 3.49. The van der Waals surface area contributed by atoms with Crippen LogP contribution in [0, 0.1) is 5.92 Å². The van der Waals surface area contributed by atoms with Crippen LogP contribution in [0.2, 0.25) is 0 Å². The predicted octanol–water partition coefficient (Wildman–Crippen LogP) is 3.16. The lowest BCUT2D eigenvalue weighted by Gasteiger charge is -2.05. The highest BCUT2D eigenvalue weighted by molar-refractivity contribution is 5.18. The lowest BCUT2D eigenvalue weighted by atomic mass is 10.1. The number of pyridine rings is 1. The van der Waals surface area contributed by atoms with Gasteiger partial charge in [-0.1, -0.05) is 19.9 Å². The molecular weight excluding hydrogens is 158 g/mol. The molecule has 1 aliphatic carbocycles. The molecule has 1 saturated carbocycles. The van der Waals surface area contributed by atoms with Crippen molar-refractivity contribution in [3.8, 4) is 0 Å². The number of nitrogens with zero attached hydrogens (tertiary/aromatic N) is 1. The van der Waals surface area contributed by atoms with E-state index in [2.05, 4.69) is 37.0 Å². The highest BCUT2D eigenvalue weighted by Crippen LogP contribution is 2.38. The van der Waals surface area contributed by atoms with Gasteiger partial charge in [0.2, 0.25) is 0 Å². The first-order valence-electron chi connectivity index (χ1n) is 5.21. The van der Waals surface area contributed by atoms with Crippen LogP contribution in [-0.4, -0.2) is 4.98 Å². The van der Waals surface area contributed by atoms with Crippen molar-refractivity contribution in [2.75, 3.05) is 0 Å². The first-order valence-corrected chi connectivity index (χ1v) is 5.21. The Kier molecular flexibility index (Phi) is 2.34. The fourth-order valence-corrected chi connectivity index (χ4v) is 1.64. The topological polar surface area (TPSA) is 12.9 Å². The molecule has 1 heteroatoms. The molecule has 0 spiro atoms. The van der Waals surface area contributed by atoms with E-state index >= 15 is 0 Å². The highest BCUT2D eigenvalue weighted by atomic mass is 14.7. The van der Waals surface area contributed by atoms with Crippen LogP contribution < -0.4 is 0 Å². The predicted molar refractivity (Wildman–Crippen MR) is 54.8 cm³/mol. The van der Waals surface area contributed by atoms with Crippen molar-refractivity contribution >= 4 is 0 Å². The van der Waals surface area contributed by atoms with E-state index in [-0.39, 0.29) is 0 Å². The second-order valence-corrected chi connectivity index (χ2v) is 4.43. The van der Waals surface area contributed by atoms with E-state index in [0.29, 0.717) is 5.92 Å². The van der Waals surface area contributed by atoms with Gasteiger partial charge >= 0.3 is 0 Å². The van der Waals surface area contributed by atoms with E-state index in [1.165, 1.54) is 24.2 Å². The molecule has 0 unspecified atom stereocenters. The Morgan fingerprint density at radius 1 is 1.38 bits per heavy atom. The molecule has 0 bridgehead atoms. The van der Waals surface area contributed by atoms with Crippen molar-refractivity contribution in [3.63, 3.8) is 0 Å². The standard InChI is InChI=1S/C12H17N/c1-9(2)8-11-4-3-5-12(13-11)10-6-7-10/h3-5,9-10H,6-8H2,1-2H3. The highest BCUT2D eigenvalue weighted by Gasteiger charge is 2.24. The largest absolute Gasteiger partial charge is 0.258 e. The summed E-state index contributed by atoms with van der Waals surface area (Å²) in [5.74, 6) is 1.49. The smallest absolute Gasteiger partial charge is 0.0437 e. The lowest BCUT2D eigenvalue weighted by molar-refractivity contribution is 0.633. The zero-order valence-corrected chi connectivity index (χ0v) is 8.46. The Balaban J connectivity index is 2.12. The molecule has 0 radical (unpaired) electrons. The summed E-state index contributed by atoms with van der Waals surface area (Å²) in [4.78, 5) is 4.67. The molecule has 1 aliphatic rings. The second-order valence-electron chi connectivity index (χ2n) is 4.43. The third-order valence-electron chi connectivity index (χ3n) is 2.44. The van der Waals surface area contributed by atoms with E-state index in [9.17, 15) is 0 Å². The third-order valence-corrected chi connectivity index (χ3v) is 2.44. The summed E-state index contributed by atoms with van der Waals surface area (Å²) in [5.41, 5.74) is 2.58. The molecule has 2 rings (SSSR count). The van der Waals surface area contributed by atoms with Gasteiger partial charge in [-0.3, -0.25) is 4.98 Å². The zero-order chi connectivity index (χ0) is 9.26. The summed E-state index contributed by atoms with van der Waals surface area (Å²) in [6.45, 7) is 4.48. The number of rotatable bonds is 3. The molecule has 1 nitrogen and oxygen atoms in total. The zero-order valence-electron chi connectivity index (χ0n) is 8.46. The molecular formula is C12H17N. The van der Waals surface area contributed by atoms with Gasteiger partial charge in [-0.2, -0.15) is 0 Å². The monoisotopic (exact) mass is 175 g/mol. The fraction of sp³-hybridized carbons (Fsp3) is 0.583. The van der Waals surface area contributed by atoms with Gasteiger partial charge in [0.15, 0.2) is 0 Å². The first-order chi connectivity index (χ1) is 6.25. The minimum Gasteiger partial charge on any atom is -0.258 e. The van der Waals surface area contributed by atoms with Crippen LogP contribution in [0.1, 0.15) is 44.0 Å². The molecule has 0 aromatic carbocycles. The maximum absolute atomic E-state index is 4.67. The molecule has 0 N–H and O–H groups in total. The van der Waals surface area contributed by atoms with Crippen molar-refractivity contribution in [1.82, 2.24) is 4.98 Å². The lowest BCUT2D eigenvalue weighted by Crippen LogP contribution is -1.98. The van der Waals surface area contributed by atoms with Crippen LogP contribution in [0.4, 0.5) is 0 Å². The molecule has 1 fully saturated rings. The van der Waals surface area contributed by atoms with Gasteiger partial charge in [0.05, 0.1) is 0 Å². The fourth-order valence-electron chi connectivity index (χ4n) is 1.64. The van der Waals surface area contributed by atoms with Gasteiger partial charge in [0, 0.05) is 17.3 Å². The van der Waals surface area contributed by atoms with Gasteiger partial charge < -0.3 is 0 Å². The van der Waals surface area contributed by atoms with Crippen molar-refractivity contribution in [3.05, 3.63) is 29.6 Å². The van der Waals surface area contributed by atoms with Crippen LogP contribution in [0.5, 0.6) is 0 Å². The minimum atomic E-state index is 0.710. The summed E-state index contributed by atoms with van der Waals surface area (Å²) in [7, 11) is 0. The van der Waals surface area contributed by atoms with E-state index in [4.69, 9.17) is 0 Å². The molecule has 0 saturated heterocycles.